The summed E-state index contributed by atoms with van der Waals surface area (Å²) in [5.41, 5.74) is 0. The Morgan fingerprint density at radius 3 is 0.760 bits per heavy atom. The molecule has 0 unspecified atom stereocenters. The van der Waals surface area contributed by atoms with Gasteiger partial charge in [0.15, 0.2) is 0 Å². The molecule has 0 N–H and O–H groups in total. The largest absolute Gasteiger partial charge is 3.00 e. The van der Waals surface area contributed by atoms with Crippen molar-refractivity contribution in [3.05, 3.63) is 121 Å². The zero-order chi connectivity index (χ0) is 35.5. The Balaban J connectivity index is 0.000000341. The number of rotatable bonds is 19. The predicted molar refractivity (Wildman–Crippen MR) is 183 cm³/mol. The van der Waals surface area contributed by atoms with E-state index in [0.29, 0.717) is 0 Å². The molecule has 262 valence electrons. The van der Waals surface area contributed by atoms with Gasteiger partial charge in [0, 0.05) is 63.1 Å². The van der Waals surface area contributed by atoms with E-state index in [1.807, 2.05) is 0 Å². The van der Waals surface area contributed by atoms with E-state index in [-0.39, 0.29) is 82.0 Å². The number of carbonyl (C=O) groups excluding carboxylic acids is 4. The van der Waals surface area contributed by atoms with Crippen molar-refractivity contribution >= 4 is 52.4 Å². The van der Waals surface area contributed by atoms with Gasteiger partial charge in [-0.15, -0.1) is 0 Å². The number of carbonyl (C=O) groups is 4. The topological polar surface area (TPSA) is 167 Å². The van der Waals surface area contributed by atoms with Crippen LogP contribution in [-0.4, -0.2) is 72.9 Å². The van der Waals surface area contributed by atoms with E-state index in [2.05, 4.69) is 121 Å². The fraction of sp³-hybridized carbons (Fsp3) is 0.263. The van der Waals surface area contributed by atoms with Crippen molar-refractivity contribution in [2.45, 2.75) is 25.7 Å². The van der Waals surface area contributed by atoms with Crippen LogP contribution < -0.4 is 41.6 Å². The van der Waals surface area contributed by atoms with E-state index < -0.39 is 31.1 Å². The maximum Gasteiger partial charge on any atom is 3.00 e. The van der Waals surface area contributed by atoms with Gasteiger partial charge in [0.1, 0.15) is 28.5 Å². The summed E-state index contributed by atoms with van der Waals surface area (Å²) in [7, 11) is -1.91. The Labute approximate surface area is 304 Å². The molecule has 0 amide bonds. The third-order valence-corrected chi connectivity index (χ3v) is 12.1. The summed E-state index contributed by atoms with van der Waals surface area (Å²) < 4.78 is 0. The zero-order valence-corrected chi connectivity index (χ0v) is 29.7. The van der Waals surface area contributed by atoms with Crippen LogP contribution in [0.1, 0.15) is 25.7 Å². The van der Waals surface area contributed by atoms with E-state index in [1.165, 1.54) is 21.2 Å². The molecule has 4 aromatic rings. The van der Waals surface area contributed by atoms with Gasteiger partial charge in [0.2, 0.25) is 0 Å². The maximum absolute atomic E-state index is 10.5. The Morgan fingerprint density at radius 1 is 0.380 bits per heavy atom. The second-order valence-electron chi connectivity index (χ2n) is 11.2. The first kappa shape index (κ1) is 41.8. The first-order valence-electron chi connectivity index (χ1n) is 16.0. The Bertz CT molecular complexity index is 1360. The standard InChI is InChI=1S/C24H20P.C14H24N2O8.Mn/c1-5-13-21(14-6-1)25(22-15-7-2-8-16-22,23-17-9-3-10-18-23)24-19-11-4-12-20-24;17-11(18)1-5-15(6-2-12(19)20)9-10-16(7-3-13(21)22)8-4-14(23)24;/h1-20H;1-10H2,(H,17,18)(H,19,20)(H,21,22)(H,23,24);/q+1;;+3/p-4. The van der Waals surface area contributed by atoms with Gasteiger partial charge in [0.25, 0.3) is 0 Å². The third-order valence-electron chi connectivity index (χ3n) is 7.84. The quantitative estimate of drug-likeness (QED) is 0.0813. The summed E-state index contributed by atoms with van der Waals surface area (Å²) in [6, 6.07) is 43.8. The summed E-state index contributed by atoms with van der Waals surface area (Å²) >= 11 is 0. The van der Waals surface area contributed by atoms with E-state index in [4.69, 9.17) is 0 Å². The van der Waals surface area contributed by atoms with Gasteiger partial charge in [0.05, 0.1) is 0 Å². The Morgan fingerprint density at radius 2 is 0.580 bits per heavy atom. The normalized spacial score (nSPS) is 10.8. The first-order chi connectivity index (χ1) is 23.6. The number of aliphatic carboxylic acids is 4. The van der Waals surface area contributed by atoms with E-state index in [9.17, 15) is 39.6 Å². The summed E-state index contributed by atoms with van der Waals surface area (Å²) in [6.07, 6.45) is -1.15. The number of hydrogen-bond donors (Lipinski definition) is 0. The molecule has 0 heterocycles. The number of carboxylic acids is 4. The second-order valence-corrected chi connectivity index (χ2v) is 14.6. The van der Waals surface area contributed by atoms with Crippen LogP contribution in [-0.2, 0) is 36.2 Å². The summed E-state index contributed by atoms with van der Waals surface area (Å²) in [6.45, 7) is 0.713. The van der Waals surface area contributed by atoms with Crippen LogP contribution in [0.4, 0.5) is 0 Å². The number of carboxylic acid groups (broad SMARTS) is 4. The number of benzene rings is 4. The van der Waals surface area contributed by atoms with Crippen LogP contribution >= 0.6 is 7.26 Å². The molecule has 0 saturated heterocycles. The molecule has 4 aromatic carbocycles. The number of nitrogens with zero attached hydrogens (tertiary/aromatic N) is 2. The molecule has 0 radical (unpaired) electrons. The zero-order valence-electron chi connectivity index (χ0n) is 27.6. The van der Waals surface area contributed by atoms with Crippen molar-refractivity contribution in [3.63, 3.8) is 0 Å². The molecule has 0 aliphatic carbocycles. The SMILES string of the molecule is O=C([O-])CCN(CCC(=O)[O-])CCN(CCC(=O)[O-])CCC(=O)[O-].[Mn+3].c1ccc([P+](c2ccccc2)(c2ccccc2)c2ccccc2)cc1. The van der Waals surface area contributed by atoms with Gasteiger partial charge in [-0.1, -0.05) is 72.8 Å². The molecular weight excluding hydrogens is 698 g/mol. The molecule has 4 rings (SSSR count). The summed E-state index contributed by atoms with van der Waals surface area (Å²) in [4.78, 5) is 45.2. The average Bonchev–Trinajstić information content (AvgIpc) is 3.11. The minimum absolute atomic E-state index is 0. The monoisotopic (exact) mass is 738 g/mol. The summed E-state index contributed by atoms with van der Waals surface area (Å²) in [5.74, 6) is -5.11. The Kier molecular flexibility index (Phi) is 18.7. The predicted octanol–water partition coefficient (Wildman–Crippen LogP) is -1.55. The van der Waals surface area contributed by atoms with E-state index in [0.717, 1.165) is 0 Å². The van der Waals surface area contributed by atoms with Crippen LogP contribution in [0.3, 0.4) is 0 Å². The molecule has 10 nitrogen and oxygen atoms in total. The number of hydrogen-bond acceptors (Lipinski definition) is 10. The fourth-order valence-corrected chi connectivity index (χ4v) is 9.72. The van der Waals surface area contributed by atoms with E-state index in [1.54, 1.807) is 9.80 Å². The van der Waals surface area contributed by atoms with Gasteiger partial charge >= 0.3 is 17.1 Å². The Hall–Kier alpha value is -4.37. The van der Waals surface area contributed by atoms with Crippen molar-refractivity contribution in [2.24, 2.45) is 0 Å². The van der Waals surface area contributed by atoms with Gasteiger partial charge in [-0.3, -0.25) is 0 Å². The van der Waals surface area contributed by atoms with Crippen molar-refractivity contribution in [2.75, 3.05) is 39.3 Å². The van der Waals surface area contributed by atoms with Crippen molar-refractivity contribution in [3.8, 4) is 0 Å². The molecule has 50 heavy (non-hydrogen) atoms. The van der Waals surface area contributed by atoms with Crippen LogP contribution in [0.5, 0.6) is 0 Å². The van der Waals surface area contributed by atoms with Crippen molar-refractivity contribution in [1.82, 2.24) is 9.80 Å². The van der Waals surface area contributed by atoms with Gasteiger partial charge in [-0.2, -0.15) is 0 Å². The smallest absolute Gasteiger partial charge is 0.550 e. The molecule has 0 spiro atoms. The van der Waals surface area contributed by atoms with Crippen LogP contribution in [0.25, 0.3) is 0 Å². The van der Waals surface area contributed by atoms with E-state index >= 15 is 0 Å². The summed E-state index contributed by atoms with van der Waals surface area (Å²) in [5, 5.41) is 47.6. The van der Waals surface area contributed by atoms with Gasteiger partial charge in [-0.05, 0) is 74.2 Å². The first-order valence-corrected chi connectivity index (χ1v) is 17.8. The minimum atomic E-state index is -1.91. The molecule has 0 atom stereocenters. The average molecular weight is 739 g/mol. The maximum atomic E-state index is 10.5. The van der Waals surface area contributed by atoms with Crippen LogP contribution in [0.2, 0.25) is 0 Å². The molecule has 12 heteroatoms. The minimum Gasteiger partial charge on any atom is -0.550 e. The van der Waals surface area contributed by atoms with Gasteiger partial charge in [-0.25, -0.2) is 0 Å². The van der Waals surface area contributed by atoms with Crippen LogP contribution in [0.15, 0.2) is 121 Å². The molecular formula is C38H40MnN2O8P. The third kappa shape index (κ3) is 13.5. The molecule has 0 aliphatic heterocycles. The van der Waals surface area contributed by atoms with Crippen LogP contribution in [0, 0.1) is 0 Å². The van der Waals surface area contributed by atoms with Crippen molar-refractivity contribution < 1.29 is 56.7 Å². The van der Waals surface area contributed by atoms with Crippen molar-refractivity contribution in [1.29, 1.82) is 0 Å². The molecule has 0 aromatic heterocycles. The second kappa shape index (κ2) is 22.4. The molecule has 0 aliphatic rings. The molecule has 0 fully saturated rings. The molecule has 0 saturated carbocycles. The fourth-order valence-electron chi connectivity index (χ4n) is 5.45. The van der Waals surface area contributed by atoms with Gasteiger partial charge < -0.3 is 49.4 Å². The molecule has 0 bridgehead atoms.